The fourth-order valence-corrected chi connectivity index (χ4v) is 2.01. The molecule has 0 saturated heterocycles. The van der Waals surface area contributed by atoms with Gasteiger partial charge in [-0.3, -0.25) is 14.2 Å². The van der Waals surface area contributed by atoms with Crippen LogP contribution in [0.5, 0.6) is 0 Å². The Morgan fingerprint density at radius 1 is 1.29 bits per heavy atom. The van der Waals surface area contributed by atoms with E-state index in [-0.39, 0.29) is 11.5 Å². The molecule has 2 aromatic rings. The first-order valence-corrected chi connectivity index (χ1v) is 6.86. The number of aryl methyl sites for hydroxylation is 2. The minimum Gasteiger partial charge on any atom is -0.350 e. The molecule has 0 fully saturated rings. The molecule has 1 aromatic heterocycles. The molecule has 21 heavy (non-hydrogen) atoms. The summed E-state index contributed by atoms with van der Waals surface area (Å²) in [5, 5.41) is 2.81. The van der Waals surface area contributed by atoms with Crippen molar-refractivity contribution in [1.82, 2.24) is 14.9 Å². The van der Waals surface area contributed by atoms with Gasteiger partial charge in [0.2, 0.25) is 0 Å². The molecule has 5 heteroatoms. The van der Waals surface area contributed by atoms with Crippen LogP contribution in [0.15, 0.2) is 35.4 Å². The number of carbonyl (C=O) groups is 1. The summed E-state index contributed by atoms with van der Waals surface area (Å²) < 4.78 is 1.51. The van der Waals surface area contributed by atoms with Gasteiger partial charge in [-0.2, -0.15) is 0 Å². The van der Waals surface area contributed by atoms with Crippen molar-refractivity contribution in [2.45, 2.75) is 27.3 Å². The topological polar surface area (TPSA) is 64.0 Å². The molecule has 0 bridgehead atoms. The van der Waals surface area contributed by atoms with Gasteiger partial charge in [0.05, 0.1) is 6.33 Å². The number of benzene rings is 1. The minimum absolute atomic E-state index is 0.0627. The second-order valence-corrected chi connectivity index (χ2v) is 5.08. The number of hydrogen-bond donors (Lipinski definition) is 1. The van der Waals surface area contributed by atoms with Crippen LogP contribution in [0.1, 0.15) is 27.2 Å². The Bertz CT molecular complexity index is 720. The number of rotatable bonds is 4. The van der Waals surface area contributed by atoms with Crippen molar-refractivity contribution in [3.05, 3.63) is 63.3 Å². The predicted octanol–water partition coefficient (Wildman–Crippen LogP) is 1.60. The van der Waals surface area contributed by atoms with Crippen LogP contribution in [0.3, 0.4) is 0 Å². The lowest BCUT2D eigenvalue weighted by atomic mass is 10.1. The molecule has 0 unspecified atom stereocenters. The molecule has 110 valence electrons. The van der Waals surface area contributed by atoms with Crippen molar-refractivity contribution < 1.29 is 4.79 Å². The molecule has 1 heterocycles. The van der Waals surface area contributed by atoms with Crippen LogP contribution in [0.4, 0.5) is 0 Å². The molecule has 2 rings (SSSR count). The van der Waals surface area contributed by atoms with Crippen molar-refractivity contribution in [1.29, 1.82) is 0 Å². The molecule has 5 nitrogen and oxygen atoms in total. The number of nitrogens with zero attached hydrogens (tertiary/aromatic N) is 2. The molecular formula is C16H19N3O2. The molecule has 0 aliphatic rings. The number of aromatic nitrogens is 2. The summed E-state index contributed by atoms with van der Waals surface area (Å²) in [5.41, 5.74) is 2.98. The van der Waals surface area contributed by atoms with Crippen LogP contribution in [0.2, 0.25) is 0 Å². The average Bonchev–Trinajstić information content (AvgIpc) is 2.47. The van der Waals surface area contributed by atoms with Gasteiger partial charge in [0.15, 0.2) is 0 Å². The summed E-state index contributed by atoms with van der Waals surface area (Å²) in [6.45, 7) is 6.30. The molecule has 0 saturated carbocycles. The maximum Gasteiger partial charge on any atom is 0.256 e. The van der Waals surface area contributed by atoms with Crippen molar-refractivity contribution >= 4 is 5.91 Å². The second-order valence-electron chi connectivity index (χ2n) is 5.08. The summed E-state index contributed by atoms with van der Waals surface area (Å²) in [6, 6.07) is 7.39. The third-order valence-electron chi connectivity index (χ3n) is 3.43. The van der Waals surface area contributed by atoms with Crippen molar-refractivity contribution in [2.75, 3.05) is 6.54 Å². The van der Waals surface area contributed by atoms with E-state index in [1.54, 1.807) is 19.9 Å². The van der Waals surface area contributed by atoms with E-state index >= 15 is 0 Å². The molecule has 1 amide bonds. The van der Waals surface area contributed by atoms with Gasteiger partial charge in [-0.05, 0) is 32.9 Å². The van der Waals surface area contributed by atoms with Crippen molar-refractivity contribution in [3.8, 4) is 0 Å². The molecule has 0 aliphatic heterocycles. The maximum absolute atomic E-state index is 12.0. The zero-order valence-electron chi connectivity index (χ0n) is 12.5. The highest BCUT2D eigenvalue weighted by atomic mass is 16.1. The SMILES string of the molecule is Cc1cccc(C(=O)NCCn2cnc(C)c(C)c2=O)c1. The van der Waals surface area contributed by atoms with Gasteiger partial charge in [-0.1, -0.05) is 17.7 Å². The van der Waals surface area contributed by atoms with Crippen LogP contribution in [0, 0.1) is 20.8 Å². The van der Waals surface area contributed by atoms with Gasteiger partial charge in [-0.15, -0.1) is 0 Å². The van der Waals surface area contributed by atoms with Gasteiger partial charge in [0.25, 0.3) is 11.5 Å². The normalized spacial score (nSPS) is 10.4. The lowest BCUT2D eigenvalue weighted by Crippen LogP contribution is -2.32. The first kappa shape index (κ1) is 15.0. The Balaban J connectivity index is 1.97. The highest BCUT2D eigenvalue weighted by molar-refractivity contribution is 5.94. The molecule has 0 aliphatic carbocycles. The summed E-state index contributed by atoms with van der Waals surface area (Å²) in [6.07, 6.45) is 1.52. The van der Waals surface area contributed by atoms with E-state index in [1.807, 2.05) is 25.1 Å². The standard InChI is InChI=1S/C16H19N3O2/c1-11-5-4-6-14(9-11)15(20)17-7-8-19-10-18-13(3)12(2)16(19)21/h4-6,9-10H,7-8H2,1-3H3,(H,17,20). The Morgan fingerprint density at radius 2 is 2.05 bits per heavy atom. The van der Waals surface area contributed by atoms with Crippen LogP contribution in [-0.4, -0.2) is 22.0 Å². The van der Waals surface area contributed by atoms with Crippen LogP contribution in [-0.2, 0) is 6.54 Å². The lowest BCUT2D eigenvalue weighted by Gasteiger charge is -2.09. The van der Waals surface area contributed by atoms with Gasteiger partial charge >= 0.3 is 0 Å². The van der Waals surface area contributed by atoms with E-state index in [4.69, 9.17) is 0 Å². The Morgan fingerprint density at radius 3 is 2.76 bits per heavy atom. The minimum atomic E-state index is -0.136. The number of amides is 1. The quantitative estimate of drug-likeness (QED) is 0.928. The van der Waals surface area contributed by atoms with E-state index in [2.05, 4.69) is 10.3 Å². The molecular weight excluding hydrogens is 266 g/mol. The Kier molecular flexibility index (Phi) is 4.52. The van der Waals surface area contributed by atoms with E-state index in [0.717, 1.165) is 11.3 Å². The highest BCUT2D eigenvalue weighted by Gasteiger charge is 2.06. The zero-order chi connectivity index (χ0) is 15.4. The first-order valence-electron chi connectivity index (χ1n) is 6.86. The molecule has 1 aromatic carbocycles. The second kappa shape index (κ2) is 6.35. The van der Waals surface area contributed by atoms with Gasteiger partial charge in [-0.25, -0.2) is 4.98 Å². The monoisotopic (exact) mass is 285 g/mol. The number of hydrogen-bond acceptors (Lipinski definition) is 3. The van der Waals surface area contributed by atoms with Crippen LogP contribution in [0.25, 0.3) is 0 Å². The molecule has 0 atom stereocenters. The fraction of sp³-hybridized carbons (Fsp3) is 0.312. The van der Waals surface area contributed by atoms with E-state index in [9.17, 15) is 9.59 Å². The first-order chi connectivity index (χ1) is 9.99. The third kappa shape index (κ3) is 3.56. The van der Waals surface area contributed by atoms with Crippen molar-refractivity contribution in [2.24, 2.45) is 0 Å². The number of nitrogens with one attached hydrogen (secondary N) is 1. The number of carbonyl (C=O) groups excluding carboxylic acids is 1. The van der Waals surface area contributed by atoms with Crippen LogP contribution >= 0.6 is 0 Å². The summed E-state index contributed by atoms with van der Waals surface area (Å²) in [7, 11) is 0. The molecule has 0 spiro atoms. The maximum atomic E-state index is 12.0. The summed E-state index contributed by atoms with van der Waals surface area (Å²) in [5.74, 6) is -0.136. The van der Waals surface area contributed by atoms with Crippen LogP contribution < -0.4 is 10.9 Å². The lowest BCUT2D eigenvalue weighted by molar-refractivity contribution is 0.0952. The fourth-order valence-electron chi connectivity index (χ4n) is 2.01. The van der Waals surface area contributed by atoms with Gasteiger partial charge < -0.3 is 5.32 Å². The smallest absolute Gasteiger partial charge is 0.256 e. The Hall–Kier alpha value is -2.43. The third-order valence-corrected chi connectivity index (χ3v) is 3.43. The molecule has 0 radical (unpaired) electrons. The highest BCUT2D eigenvalue weighted by Crippen LogP contribution is 2.03. The van der Waals surface area contributed by atoms with Gasteiger partial charge in [0.1, 0.15) is 0 Å². The average molecular weight is 285 g/mol. The van der Waals surface area contributed by atoms with Gasteiger partial charge in [0, 0.05) is 29.9 Å². The van der Waals surface area contributed by atoms with E-state index < -0.39 is 0 Å². The van der Waals surface area contributed by atoms with Crippen molar-refractivity contribution in [3.63, 3.8) is 0 Å². The molecule has 1 N–H and O–H groups in total. The van der Waals surface area contributed by atoms with E-state index in [1.165, 1.54) is 10.9 Å². The largest absolute Gasteiger partial charge is 0.350 e. The summed E-state index contributed by atoms with van der Waals surface area (Å²) >= 11 is 0. The Labute approximate surface area is 123 Å². The zero-order valence-corrected chi connectivity index (χ0v) is 12.5. The summed E-state index contributed by atoms with van der Waals surface area (Å²) in [4.78, 5) is 28.1. The van der Waals surface area contributed by atoms with E-state index in [0.29, 0.717) is 24.2 Å². The predicted molar refractivity (Wildman–Crippen MR) is 81.5 cm³/mol.